The normalized spacial score (nSPS) is 18.7. The molecule has 158 valence electrons. The molecule has 2 aliphatic heterocycles. The Morgan fingerprint density at radius 3 is 2.50 bits per heavy atom. The molecular formula is C25H30N2O3. The van der Waals surface area contributed by atoms with Crippen LogP contribution in [0.3, 0.4) is 0 Å². The largest absolute Gasteiger partial charge is 0.492 e. The molecule has 1 amide bonds. The third-order valence-electron chi connectivity index (χ3n) is 6.78. The molecule has 0 spiro atoms. The quantitative estimate of drug-likeness (QED) is 0.736. The molecule has 2 heterocycles. The molecule has 2 aliphatic rings. The molecule has 0 aromatic heterocycles. The summed E-state index contributed by atoms with van der Waals surface area (Å²) in [7, 11) is 1.83. The van der Waals surface area contributed by atoms with Gasteiger partial charge in [0.15, 0.2) is 0 Å². The van der Waals surface area contributed by atoms with Crippen LogP contribution in [0.1, 0.15) is 37.3 Å². The van der Waals surface area contributed by atoms with Gasteiger partial charge in [-0.25, -0.2) is 0 Å². The van der Waals surface area contributed by atoms with Gasteiger partial charge in [-0.05, 0) is 68.6 Å². The molecule has 0 atom stereocenters. The fourth-order valence-electron chi connectivity index (χ4n) is 4.77. The fourth-order valence-corrected chi connectivity index (χ4v) is 4.77. The molecule has 5 heteroatoms. The number of fused-ring (bicyclic) bond motifs is 1. The number of ketones is 1. The number of rotatable bonds is 6. The van der Waals surface area contributed by atoms with E-state index < -0.39 is 0 Å². The van der Waals surface area contributed by atoms with Crippen LogP contribution in [-0.2, 0) is 21.4 Å². The van der Waals surface area contributed by atoms with Gasteiger partial charge in [-0.1, -0.05) is 30.3 Å². The summed E-state index contributed by atoms with van der Waals surface area (Å²) in [6.07, 6.45) is 3.03. The van der Waals surface area contributed by atoms with E-state index in [2.05, 4.69) is 23.1 Å². The summed E-state index contributed by atoms with van der Waals surface area (Å²) in [4.78, 5) is 28.5. The minimum absolute atomic E-state index is 0.165. The highest BCUT2D eigenvalue weighted by Gasteiger charge is 2.40. The molecule has 30 heavy (non-hydrogen) atoms. The Bertz CT molecular complexity index is 917. The third kappa shape index (κ3) is 3.99. The Labute approximate surface area is 178 Å². The Morgan fingerprint density at radius 2 is 1.80 bits per heavy atom. The zero-order valence-corrected chi connectivity index (χ0v) is 17.9. The number of piperidine rings is 1. The number of aryl methyl sites for hydroxylation is 1. The molecule has 0 bridgehead atoms. The lowest BCUT2D eigenvalue weighted by Gasteiger charge is -2.40. The average molecular weight is 407 g/mol. The first-order valence-electron chi connectivity index (χ1n) is 10.8. The number of carbonyl (C=O) groups excluding carboxylic acids is 2. The smallest absolute Gasteiger partial charge is 0.227 e. The minimum Gasteiger partial charge on any atom is -0.492 e. The molecule has 4 rings (SSSR count). The van der Waals surface area contributed by atoms with Crippen molar-refractivity contribution >= 4 is 17.4 Å². The monoisotopic (exact) mass is 406 g/mol. The summed E-state index contributed by atoms with van der Waals surface area (Å²) in [6.45, 7) is 4.99. The summed E-state index contributed by atoms with van der Waals surface area (Å²) in [6, 6.07) is 16.2. The number of likely N-dealkylation sites (tertiary alicyclic amines) is 1. The standard InChI is InChI=1S/C25H30N2O3/c1-19(28)25(21-6-4-3-5-7-21)12-14-27(15-13-25)16-17-30-22-9-10-23-20(18-22)8-11-24(29)26(23)2/h3-7,9-10,18H,8,11-17H2,1-2H3. The summed E-state index contributed by atoms with van der Waals surface area (Å²) in [5.41, 5.74) is 2.95. The van der Waals surface area contributed by atoms with Crippen LogP contribution in [0.15, 0.2) is 48.5 Å². The highest BCUT2D eigenvalue weighted by molar-refractivity contribution is 5.96. The van der Waals surface area contributed by atoms with E-state index in [-0.39, 0.29) is 17.1 Å². The van der Waals surface area contributed by atoms with Crippen molar-refractivity contribution in [1.82, 2.24) is 4.90 Å². The van der Waals surface area contributed by atoms with Gasteiger partial charge in [-0.15, -0.1) is 0 Å². The number of Topliss-reactive ketones (excluding diaryl/α,β-unsaturated/α-hetero) is 1. The van der Waals surface area contributed by atoms with Crippen molar-refractivity contribution in [3.63, 3.8) is 0 Å². The minimum atomic E-state index is -0.347. The van der Waals surface area contributed by atoms with Gasteiger partial charge >= 0.3 is 0 Å². The summed E-state index contributed by atoms with van der Waals surface area (Å²) < 4.78 is 6.01. The van der Waals surface area contributed by atoms with E-state index in [1.165, 1.54) is 5.56 Å². The topological polar surface area (TPSA) is 49.9 Å². The summed E-state index contributed by atoms with van der Waals surface area (Å²) in [5.74, 6) is 1.29. The number of benzene rings is 2. The SMILES string of the molecule is CC(=O)C1(c2ccccc2)CCN(CCOc2ccc3c(c2)CCC(=O)N3C)CC1. The van der Waals surface area contributed by atoms with Crippen LogP contribution in [0.25, 0.3) is 0 Å². The van der Waals surface area contributed by atoms with Crippen molar-refractivity contribution in [3.05, 3.63) is 59.7 Å². The van der Waals surface area contributed by atoms with E-state index >= 15 is 0 Å². The van der Waals surface area contributed by atoms with Crippen LogP contribution in [0, 0.1) is 0 Å². The van der Waals surface area contributed by atoms with Crippen molar-refractivity contribution in [2.45, 2.75) is 38.0 Å². The molecular weight excluding hydrogens is 376 g/mol. The van der Waals surface area contributed by atoms with Crippen LogP contribution < -0.4 is 9.64 Å². The van der Waals surface area contributed by atoms with Gasteiger partial charge in [-0.2, -0.15) is 0 Å². The lowest BCUT2D eigenvalue weighted by Crippen LogP contribution is -2.47. The summed E-state index contributed by atoms with van der Waals surface area (Å²) in [5, 5.41) is 0. The maximum Gasteiger partial charge on any atom is 0.227 e. The van der Waals surface area contributed by atoms with Gasteiger partial charge in [0.25, 0.3) is 0 Å². The highest BCUT2D eigenvalue weighted by atomic mass is 16.5. The van der Waals surface area contributed by atoms with E-state index in [1.807, 2.05) is 37.4 Å². The Kier molecular flexibility index (Phi) is 5.91. The number of hydrogen-bond acceptors (Lipinski definition) is 4. The number of carbonyl (C=O) groups is 2. The molecule has 1 saturated heterocycles. The Morgan fingerprint density at radius 1 is 1.07 bits per heavy atom. The van der Waals surface area contributed by atoms with Crippen molar-refractivity contribution in [1.29, 1.82) is 0 Å². The first-order chi connectivity index (χ1) is 14.5. The second kappa shape index (κ2) is 8.60. The second-order valence-corrected chi connectivity index (χ2v) is 8.44. The van der Waals surface area contributed by atoms with Gasteiger partial charge in [-0.3, -0.25) is 14.5 Å². The van der Waals surface area contributed by atoms with Crippen LogP contribution in [-0.4, -0.2) is 49.9 Å². The van der Waals surface area contributed by atoms with Crippen LogP contribution in [0.2, 0.25) is 0 Å². The maximum absolute atomic E-state index is 12.5. The van der Waals surface area contributed by atoms with E-state index in [0.29, 0.717) is 13.0 Å². The molecule has 0 saturated carbocycles. The first-order valence-corrected chi connectivity index (χ1v) is 10.8. The van der Waals surface area contributed by atoms with Gasteiger partial charge in [0.2, 0.25) is 5.91 Å². The zero-order chi connectivity index (χ0) is 21.1. The van der Waals surface area contributed by atoms with Crippen molar-refractivity contribution in [3.8, 4) is 5.75 Å². The second-order valence-electron chi connectivity index (χ2n) is 8.44. The lowest BCUT2D eigenvalue weighted by molar-refractivity contribution is -0.124. The lowest BCUT2D eigenvalue weighted by atomic mass is 9.70. The Hall–Kier alpha value is -2.66. The molecule has 0 unspecified atom stereocenters. The van der Waals surface area contributed by atoms with Crippen LogP contribution in [0.4, 0.5) is 5.69 Å². The molecule has 2 aromatic rings. The van der Waals surface area contributed by atoms with Crippen molar-refractivity contribution < 1.29 is 14.3 Å². The molecule has 0 aliphatic carbocycles. The number of anilines is 1. The van der Waals surface area contributed by atoms with Crippen molar-refractivity contribution in [2.75, 3.05) is 38.2 Å². The van der Waals surface area contributed by atoms with E-state index in [9.17, 15) is 9.59 Å². The number of hydrogen-bond donors (Lipinski definition) is 0. The average Bonchev–Trinajstić information content (AvgIpc) is 2.77. The van der Waals surface area contributed by atoms with E-state index in [1.54, 1.807) is 11.8 Å². The molecule has 5 nitrogen and oxygen atoms in total. The molecule has 1 fully saturated rings. The Balaban J connectivity index is 1.31. The predicted molar refractivity (Wildman–Crippen MR) is 118 cm³/mol. The molecule has 2 aromatic carbocycles. The van der Waals surface area contributed by atoms with Crippen LogP contribution >= 0.6 is 0 Å². The third-order valence-corrected chi connectivity index (χ3v) is 6.78. The molecule has 0 radical (unpaired) electrons. The first kappa shape index (κ1) is 20.6. The predicted octanol–water partition coefficient (Wildman–Crippen LogP) is 3.60. The van der Waals surface area contributed by atoms with Gasteiger partial charge < -0.3 is 9.64 Å². The van der Waals surface area contributed by atoms with Crippen molar-refractivity contribution in [2.24, 2.45) is 0 Å². The van der Waals surface area contributed by atoms with Gasteiger partial charge in [0.1, 0.15) is 18.1 Å². The molecule has 0 N–H and O–H groups in total. The number of nitrogens with zero attached hydrogens (tertiary/aromatic N) is 2. The summed E-state index contributed by atoms with van der Waals surface area (Å²) >= 11 is 0. The fraction of sp³-hybridized carbons (Fsp3) is 0.440. The van der Waals surface area contributed by atoms with Gasteiger partial charge in [0, 0.05) is 25.7 Å². The van der Waals surface area contributed by atoms with E-state index in [4.69, 9.17) is 4.74 Å². The highest BCUT2D eigenvalue weighted by Crippen LogP contribution is 2.36. The van der Waals surface area contributed by atoms with Crippen LogP contribution in [0.5, 0.6) is 5.75 Å². The van der Waals surface area contributed by atoms with E-state index in [0.717, 1.165) is 55.9 Å². The number of amides is 1. The zero-order valence-electron chi connectivity index (χ0n) is 17.9. The maximum atomic E-state index is 12.5. The number of ether oxygens (including phenoxy) is 1. The van der Waals surface area contributed by atoms with Gasteiger partial charge in [0.05, 0.1) is 5.41 Å².